The first-order chi connectivity index (χ1) is 7.25. The molecule has 0 aliphatic rings. The first-order valence-electron chi connectivity index (χ1n) is 4.75. The van der Waals surface area contributed by atoms with Crippen LogP contribution in [-0.2, 0) is 6.54 Å². The van der Waals surface area contributed by atoms with E-state index in [9.17, 15) is 0 Å². The number of nitrogens with zero attached hydrogens (tertiary/aromatic N) is 5. The Morgan fingerprint density at radius 2 is 1.93 bits per heavy atom. The Labute approximate surface area is 88.3 Å². The molecule has 0 amide bonds. The molecule has 0 fully saturated rings. The molecule has 78 valence electrons. The second-order valence-electron chi connectivity index (χ2n) is 3.50. The van der Waals surface area contributed by atoms with E-state index in [0.29, 0.717) is 12.5 Å². The van der Waals surface area contributed by atoms with Gasteiger partial charge in [0.2, 0.25) is 0 Å². The zero-order valence-corrected chi connectivity index (χ0v) is 8.83. The number of tetrazole rings is 1. The van der Waals surface area contributed by atoms with Crippen LogP contribution in [0.2, 0.25) is 0 Å². The van der Waals surface area contributed by atoms with Crippen LogP contribution in [0.4, 0.5) is 5.95 Å². The maximum atomic E-state index is 4.23. The normalized spacial score (nSPS) is 10.3. The predicted molar refractivity (Wildman–Crippen MR) is 57.7 cm³/mol. The molecule has 5 nitrogen and oxygen atoms in total. The largest absolute Gasteiger partial charge is 0.344 e. The van der Waals surface area contributed by atoms with Crippen molar-refractivity contribution in [2.24, 2.45) is 0 Å². The van der Waals surface area contributed by atoms with E-state index in [0.717, 1.165) is 0 Å². The van der Waals surface area contributed by atoms with Crippen molar-refractivity contribution in [3.8, 4) is 0 Å². The number of rotatable bonds is 3. The summed E-state index contributed by atoms with van der Waals surface area (Å²) in [4.78, 5) is 3.42. The highest BCUT2D eigenvalue weighted by Crippen LogP contribution is 2.02. The molecule has 15 heavy (non-hydrogen) atoms. The summed E-state index contributed by atoms with van der Waals surface area (Å²) in [6, 6.07) is 10.1. The fourth-order valence-corrected chi connectivity index (χ4v) is 1.23. The van der Waals surface area contributed by atoms with Gasteiger partial charge in [0, 0.05) is 14.1 Å². The molecule has 0 saturated heterocycles. The third kappa shape index (κ3) is 2.31. The van der Waals surface area contributed by atoms with Gasteiger partial charge in [-0.25, -0.2) is 0 Å². The molecule has 0 saturated carbocycles. The van der Waals surface area contributed by atoms with E-state index in [-0.39, 0.29) is 0 Å². The van der Waals surface area contributed by atoms with Crippen molar-refractivity contribution < 1.29 is 0 Å². The molecule has 0 bridgehead atoms. The lowest BCUT2D eigenvalue weighted by Gasteiger charge is -2.03. The standard InChI is InChI=1S/C10H13N5/c1-14(2)10-11-13-15(12-10)8-9-6-4-3-5-7-9/h3-7H,8H2,1-2H3. The van der Waals surface area contributed by atoms with Gasteiger partial charge in [-0.1, -0.05) is 35.4 Å². The van der Waals surface area contributed by atoms with Gasteiger partial charge in [0.25, 0.3) is 5.95 Å². The highest BCUT2D eigenvalue weighted by atomic mass is 15.6. The molecule has 1 aromatic carbocycles. The summed E-state index contributed by atoms with van der Waals surface area (Å²) in [7, 11) is 3.79. The summed E-state index contributed by atoms with van der Waals surface area (Å²) >= 11 is 0. The first-order valence-corrected chi connectivity index (χ1v) is 4.75. The zero-order chi connectivity index (χ0) is 10.7. The molecule has 0 atom stereocenters. The van der Waals surface area contributed by atoms with Gasteiger partial charge in [-0.2, -0.15) is 4.80 Å². The Balaban J connectivity index is 2.12. The highest BCUT2D eigenvalue weighted by molar-refractivity contribution is 5.22. The average Bonchev–Trinajstić information content (AvgIpc) is 2.68. The van der Waals surface area contributed by atoms with Crippen LogP contribution in [0.15, 0.2) is 30.3 Å². The zero-order valence-electron chi connectivity index (χ0n) is 8.83. The van der Waals surface area contributed by atoms with Crippen LogP contribution in [0.25, 0.3) is 0 Å². The fourth-order valence-electron chi connectivity index (χ4n) is 1.23. The van der Waals surface area contributed by atoms with Crippen molar-refractivity contribution in [1.82, 2.24) is 20.2 Å². The van der Waals surface area contributed by atoms with Gasteiger partial charge < -0.3 is 4.90 Å². The van der Waals surface area contributed by atoms with E-state index in [2.05, 4.69) is 15.4 Å². The minimum absolute atomic E-state index is 0.630. The number of aromatic nitrogens is 4. The summed E-state index contributed by atoms with van der Waals surface area (Å²) in [6.45, 7) is 0.654. The minimum atomic E-state index is 0.630. The van der Waals surface area contributed by atoms with Crippen molar-refractivity contribution in [3.63, 3.8) is 0 Å². The Hall–Kier alpha value is -1.91. The lowest BCUT2D eigenvalue weighted by Crippen LogP contribution is -2.11. The highest BCUT2D eigenvalue weighted by Gasteiger charge is 2.03. The molecular formula is C10H13N5. The average molecular weight is 203 g/mol. The summed E-state index contributed by atoms with van der Waals surface area (Å²) in [6.07, 6.45) is 0. The summed E-state index contributed by atoms with van der Waals surface area (Å²) in [5, 5.41) is 12.1. The second kappa shape index (κ2) is 4.08. The Morgan fingerprint density at radius 1 is 1.20 bits per heavy atom. The fraction of sp³-hybridized carbons (Fsp3) is 0.300. The van der Waals surface area contributed by atoms with E-state index in [1.165, 1.54) is 5.56 Å². The maximum Gasteiger partial charge on any atom is 0.265 e. The van der Waals surface area contributed by atoms with Crippen LogP contribution in [0, 0.1) is 0 Å². The summed E-state index contributed by atoms with van der Waals surface area (Å²) in [5.74, 6) is 0.630. The number of anilines is 1. The monoisotopic (exact) mass is 203 g/mol. The molecule has 1 aromatic heterocycles. The predicted octanol–water partition coefficient (Wildman–Crippen LogP) is 0.787. The smallest absolute Gasteiger partial charge is 0.265 e. The molecule has 0 aliphatic heterocycles. The topological polar surface area (TPSA) is 46.8 Å². The van der Waals surface area contributed by atoms with Gasteiger partial charge in [-0.15, -0.1) is 5.10 Å². The van der Waals surface area contributed by atoms with Crippen LogP contribution < -0.4 is 4.90 Å². The van der Waals surface area contributed by atoms with Crippen molar-refractivity contribution in [2.75, 3.05) is 19.0 Å². The van der Waals surface area contributed by atoms with Crippen molar-refractivity contribution in [2.45, 2.75) is 6.54 Å². The SMILES string of the molecule is CN(C)c1nnn(Cc2ccccc2)n1. The molecule has 0 aliphatic carbocycles. The third-order valence-corrected chi connectivity index (χ3v) is 2.01. The molecule has 2 rings (SSSR count). The lowest BCUT2D eigenvalue weighted by molar-refractivity contribution is 0.572. The molecule has 0 N–H and O–H groups in total. The maximum absolute atomic E-state index is 4.23. The van der Waals surface area contributed by atoms with Crippen LogP contribution in [-0.4, -0.2) is 34.3 Å². The number of benzene rings is 1. The Kier molecular flexibility index (Phi) is 2.62. The molecule has 0 radical (unpaired) electrons. The van der Waals surface area contributed by atoms with Crippen molar-refractivity contribution in [3.05, 3.63) is 35.9 Å². The van der Waals surface area contributed by atoms with Crippen LogP contribution in [0.5, 0.6) is 0 Å². The third-order valence-electron chi connectivity index (χ3n) is 2.01. The summed E-state index contributed by atoms with van der Waals surface area (Å²) in [5.41, 5.74) is 1.17. The van der Waals surface area contributed by atoms with E-state index < -0.39 is 0 Å². The van der Waals surface area contributed by atoms with E-state index in [1.807, 2.05) is 49.3 Å². The minimum Gasteiger partial charge on any atom is -0.344 e. The second-order valence-corrected chi connectivity index (χ2v) is 3.50. The molecule has 5 heteroatoms. The van der Waals surface area contributed by atoms with Gasteiger partial charge in [0.15, 0.2) is 0 Å². The molecule has 0 unspecified atom stereocenters. The Bertz CT molecular complexity index is 420. The van der Waals surface area contributed by atoms with Crippen LogP contribution >= 0.6 is 0 Å². The van der Waals surface area contributed by atoms with Crippen molar-refractivity contribution in [1.29, 1.82) is 0 Å². The number of hydrogen-bond acceptors (Lipinski definition) is 4. The van der Waals surface area contributed by atoms with Gasteiger partial charge in [-0.3, -0.25) is 0 Å². The molecular weight excluding hydrogens is 190 g/mol. The Morgan fingerprint density at radius 3 is 2.53 bits per heavy atom. The van der Waals surface area contributed by atoms with E-state index in [4.69, 9.17) is 0 Å². The van der Waals surface area contributed by atoms with E-state index >= 15 is 0 Å². The molecule has 0 spiro atoms. The molecule has 2 aromatic rings. The first kappa shape index (κ1) is 9.64. The quantitative estimate of drug-likeness (QED) is 0.739. The molecule has 1 heterocycles. The number of hydrogen-bond donors (Lipinski definition) is 0. The van der Waals surface area contributed by atoms with Gasteiger partial charge >= 0.3 is 0 Å². The summed E-state index contributed by atoms with van der Waals surface area (Å²) < 4.78 is 0. The van der Waals surface area contributed by atoms with Crippen LogP contribution in [0.3, 0.4) is 0 Å². The van der Waals surface area contributed by atoms with Gasteiger partial charge in [0.05, 0.1) is 6.54 Å². The van der Waals surface area contributed by atoms with Gasteiger partial charge in [0.1, 0.15) is 0 Å². The van der Waals surface area contributed by atoms with Crippen molar-refractivity contribution >= 4 is 5.95 Å². The van der Waals surface area contributed by atoms with E-state index in [1.54, 1.807) is 4.80 Å². The van der Waals surface area contributed by atoms with Gasteiger partial charge in [-0.05, 0) is 10.8 Å². The van der Waals surface area contributed by atoms with Crippen LogP contribution in [0.1, 0.15) is 5.56 Å². The lowest BCUT2D eigenvalue weighted by atomic mass is 10.2.